The van der Waals surface area contributed by atoms with E-state index in [1.54, 1.807) is 43.5 Å². The van der Waals surface area contributed by atoms with Crippen LogP contribution in [0.15, 0.2) is 81.1 Å². The van der Waals surface area contributed by atoms with Crippen LogP contribution in [0.25, 0.3) is 6.08 Å². The lowest BCUT2D eigenvalue weighted by Crippen LogP contribution is -2.23. The zero-order valence-corrected chi connectivity index (χ0v) is 20.3. The third kappa shape index (κ3) is 5.55. The van der Waals surface area contributed by atoms with Crippen molar-refractivity contribution in [1.29, 1.82) is 0 Å². The number of nitrogens with zero attached hydrogens (tertiary/aromatic N) is 2. The lowest BCUT2D eigenvalue weighted by atomic mass is 10.2. The molecule has 172 valence electrons. The minimum absolute atomic E-state index is 0.126. The highest BCUT2D eigenvalue weighted by Crippen LogP contribution is 2.35. The number of aliphatic imine (C=N–C) groups is 1. The van der Waals surface area contributed by atoms with Gasteiger partial charge in [-0.2, -0.15) is 0 Å². The standard InChI is InChI=1S/C25H18BrFN2O4S/c1-29-23(30)22(34-25(29)28-19-4-2-3-17(13-19)24(31)32)12-16-7-10-21(20(26)11-16)33-14-15-5-8-18(27)9-6-15/h2-13H,14H2,1H3,(H,31,32)/b22-12-,28-25?. The van der Waals surface area contributed by atoms with Gasteiger partial charge in [0.05, 0.1) is 20.6 Å². The Bertz CT molecular complexity index is 1320. The van der Waals surface area contributed by atoms with Crippen LogP contribution in [0.5, 0.6) is 5.75 Å². The third-order valence-electron chi connectivity index (χ3n) is 4.88. The second-order valence-corrected chi connectivity index (χ2v) is 9.19. The van der Waals surface area contributed by atoms with Gasteiger partial charge in [-0.1, -0.05) is 24.3 Å². The number of amides is 1. The van der Waals surface area contributed by atoms with Gasteiger partial charge in [0.2, 0.25) is 0 Å². The number of hydrogen-bond acceptors (Lipinski definition) is 5. The Balaban J connectivity index is 1.49. The van der Waals surface area contributed by atoms with E-state index in [9.17, 15) is 14.0 Å². The van der Waals surface area contributed by atoms with E-state index in [1.165, 1.54) is 40.9 Å². The summed E-state index contributed by atoms with van der Waals surface area (Å²) in [6.45, 7) is 0.293. The van der Waals surface area contributed by atoms with Crippen LogP contribution in [-0.4, -0.2) is 34.1 Å². The van der Waals surface area contributed by atoms with Crippen molar-refractivity contribution in [2.45, 2.75) is 6.61 Å². The number of carboxylic acids is 1. The molecule has 0 aliphatic carbocycles. The predicted molar refractivity (Wildman–Crippen MR) is 134 cm³/mol. The second kappa shape index (κ2) is 10.2. The molecular weight excluding hydrogens is 523 g/mol. The Hall–Kier alpha value is -3.43. The smallest absolute Gasteiger partial charge is 0.335 e. The van der Waals surface area contributed by atoms with Crippen molar-refractivity contribution < 1.29 is 23.8 Å². The van der Waals surface area contributed by atoms with E-state index >= 15 is 0 Å². The van der Waals surface area contributed by atoms with Crippen molar-refractivity contribution in [2.75, 3.05) is 7.05 Å². The Morgan fingerprint density at radius 1 is 1.18 bits per heavy atom. The number of rotatable bonds is 6. The van der Waals surface area contributed by atoms with E-state index in [0.717, 1.165) is 11.1 Å². The van der Waals surface area contributed by atoms with Gasteiger partial charge < -0.3 is 9.84 Å². The summed E-state index contributed by atoms with van der Waals surface area (Å²) in [5.74, 6) is -0.920. The minimum atomic E-state index is -1.04. The van der Waals surface area contributed by atoms with Crippen LogP contribution in [0.2, 0.25) is 0 Å². The van der Waals surface area contributed by atoms with Crippen molar-refractivity contribution in [3.05, 3.63) is 98.6 Å². The summed E-state index contributed by atoms with van der Waals surface area (Å²) in [6, 6.07) is 17.8. The number of benzene rings is 3. The maximum absolute atomic E-state index is 13.0. The van der Waals surface area contributed by atoms with E-state index in [1.807, 2.05) is 12.1 Å². The van der Waals surface area contributed by atoms with Gasteiger partial charge in [0, 0.05) is 7.05 Å². The molecule has 1 aliphatic heterocycles. The molecular formula is C25H18BrFN2O4S. The second-order valence-electron chi connectivity index (χ2n) is 7.33. The highest BCUT2D eigenvalue weighted by Gasteiger charge is 2.30. The molecule has 0 spiro atoms. The molecule has 4 rings (SSSR count). The van der Waals surface area contributed by atoms with Crippen molar-refractivity contribution in [3.63, 3.8) is 0 Å². The summed E-state index contributed by atoms with van der Waals surface area (Å²) >= 11 is 4.71. The lowest BCUT2D eigenvalue weighted by Gasteiger charge is -2.09. The summed E-state index contributed by atoms with van der Waals surface area (Å²) in [6.07, 6.45) is 1.76. The van der Waals surface area contributed by atoms with Gasteiger partial charge >= 0.3 is 5.97 Å². The first-order valence-electron chi connectivity index (χ1n) is 10.1. The first-order chi connectivity index (χ1) is 16.3. The number of carbonyl (C=O) groups is 2. The fourth-order valence-electron chi connectivity index (χ4n) is 3.09. The summed E-state index contributed by atoms with van der Waals surface area (Å²) < 4.78 is 19.6. The van der Waals surface area contributed by atoms with E-state index in [0.29, 0.717) is 32.6 Å². The SMILES string of the molecule is CN1C(=O)/C(=C/c2ccc(OCc3ccc(F)cc3)c(Br)c2)SC1=Nc1cccc(C(=O)O)c1. The van der Waals surface area contributed by atoms with Crippen LogP contribution in [0.1, 0.15) is 21.5 Å². The summed E-state index contributed by atoms with van der Waals surface area (Å²) in [5.41, 5.74) is 2.21. The van der Waals surface area contributed by atoms with Gasteiger partial charge in [-0.05, 0) is 87.4 Å². The molecule has 9 heteroatoms. The Labute approximate surface area is 207 Å². The van der Waals surface area contributed by atoms with E-state index in [4.69, 9.17) is 9.84 Å². The van der Waals surface area contributed by atoms with Crippen LogP contribution in [0, 0.1) is 5.82 Å². The van der Waals surface area contributed by atoms with E-state index in [2.05, 4.69) is 20.9 Å². The first-order valence-corrected chi connectivity index (χ1v) is 11.7. The molecule has 0 radical (unpaired) electrons. The molecule has 0 atom stereocenters. The van der Waals surface area contributed by atoms with Crippen LogP contribution in [-0.2, 0) is 11.4 Å². The number of aromatic carboxylic acids is 1. The molecule has 1 saturated heterocycles. The summed E-state index contributed by atoms with van der Waals surface area (Å²) in [7, 11) is 1.62. The number of amidine groups is 1. The Morgan fingerprint density at radius 2 is 1.94 bits per heavy atom. The van der Waals surface area contributed by atoms with Gasteiger partial charge in [0.25, 0.3) is 5.91 Å². The maximum Gasteiger partial charge on any atom is 0.335 e. The zero-order chi connectivity index (χ0) is 24.2. The highest BCUT2D eigenvalue weighted by molar-refractivity contribution is 9.10. The van der Waals surface area contributed by atoms with Crippen LogP contribution in [0.4, 0.5) is 10.1 Å². The van der Waals surface area contributed by atoms with Crippen molar-refractivity contribution in [3.8, 4) is 5.75 Å². The lowest BCUT2D eigenvalue weighted by molar-refractivity contribution is -0.121. The normalized spacial score (nSPS) is 15.9. The molecule has 0 unspecified atom stereocenters. The molecule has 0 aromatic heterocycles. The molecule has 1 heterocycles. The molecule has 3 aromatic rings. The molecule has 0 saturated carbocycles. The molecule has 1 amide bonds. The van der Waals surface area contributed by atoms with Crippen LogP contribution in [0.3, 0.4) is 0 Å². The molecule has 0 bridgehead atoms. The zero-order valence-electron chi connectivity index (χ0n) is 17.9. The number of thioether (sulfide) groups is 1. The van der Waals surface area contributed by atoms with Gasteiger partial charge in [0.15, 0.2) is 5.17 Å². The third-order valence-corrected chi connectivity index (χ3v) is 6.56. The molecule has 6 nitrogen and oxygen atoms in total. The number of likely N-dealkylation sites (N-methyl/N-ethyl adjacent to an activating group) is 1. The number of carbonyl (C=O) groups excluding carboxylic acids is 1. The largest absolute Gasteiger partial charge is 0.488 e. The fourth-order valence-corrected chi connectivity index (χ4v) is 4.59. The van der Waals surface area contributed by atoms with Gasteiger partial charge in [-0.25, -0.2) is 14.2 Å². The summed E-state index contributed by atoms with van der Waals surface area (Å²) in [4.78, 5) is 30.3. The highest BCUT2D eigenvalue weighted by atomic mass is 79.9. The molecule has 1 N–H and O–H groups in total. The molecule has 1 fully saturated rings. The number of ether oxygens (including phenoxy) is 1. The average molecular weight is 541 g/mol. The van der Waals surface area contributed by atoms with Gasteiger partial charge in [-0.15, -0.1) is 0 Å². The quantitative estimate of drug-likeness (QED) is 0.382. The minimum Gasteiger partial charge on any atom is -0.488 e. The number of hydrogen-bond donors (Lipinski definition) is 1. The Kier molecular flexibility index (Phi) is 7.14. The maximum atomic E-state index is 13.0. The van der Waals surface area contributed by atoms with Gasteiger partial charge in [-0.3, -0.25) is 9.69 Å². The Morgan fingerprint density at radius 3 is 2.65 bits per heavy atom. The van der Waals surface area contributed by atoms with Crippen molar-refractivity contribution >= 4 is 56.5 Å². The van der Waals surface area contributed by atoms with Crippen LogP contribution < -0.4 is 4.74 Å². The van der Waals surface area contributed by atoms with Gasteiger partial charge in [0.1, 0.15) is 18.2 Å². The first kappa shape index (κ1) is 23.7. The number of carboxylic acid groups (broad SMARTS) is 1. The monoisotopic (exact) mass is 540 g/mol. The predicted octanol–water partition coefficient (Wildman–Crippen LogP) is 6.10. The van der Waals surface area contributed by atoms with E-state index in [-0.39, 0.29) is 17.3 Å². The van der Waals surface area contributed by atoms with Crippen LogP contribution >= 0.6 is 27.7 Å². The topological polar surface area (TPSA) is 79.2 Å². The average Bonchev–Trinajstić information content (AvgIpc) is 3.07. The fraction of sp³-hybridized carbons (Fsp3) is 0.0800. The summed E-state index contributed by atoms with van der Waals surface area (Å²) in [5, 5.41) is 9.62. The number of halogens is 2. The molecule has 1 aliphatic rings. The van der Waals surface area contributed by atoms with Crippen molar-refractivity contribution in [1.82, 2.24) is 4.90 Å². The van der Waals surface area contributed by atoms with E-state index < -0.39 is 5.97 Å². The molecule has 34 heavy (non-hydrogen) atoms. The molecule has 3 aromatic carbocycles. The van der Waals surface area contributed by atoms with Crippen molar-refractivity contribution in [2.24, 2.45) is 4.99 Å².